The summed E-state index contributed by atoms with van der Waals surface area (Å²) in [6, 6.07) is 8.22. The van der Waals surface area contributed by atoms with E-state index in [0.29, 0.717) is 49.7 Å². The number of aliphatic imine (C=N–C) groups is 1. The molecule has 3 aromatic rings. The number of aromatic nitrogens is 4. The molecule has 0 amide bonds. The van der Waals surface area contributed by atoms with Gasteiger partial charge < -0.3 is 15.1 Å². The van der Waals surface area contributed by atoms with E-state index in [1.54, 1.807) is 18.5 Å². The van der Waals surface area contributed by atoms with Gasteiger partial charge in [-0.1, -0.05) is 0 Å². The summed E-state index contributed by atoms with van der Waals surface area (Å²) in [7, 11) is 0. The van der Waals surface area contributed by atoms with E-state index in [1.165, 1.54) is 12.1 Å². The minimum atomic E-state index is -4.41. The van der Waals surface area contributed by atoms with Crippen LogP contribution >= 0.6 is 12.2 Å². The molecule has 0 saturated carbocycles. The second kappa shape index (κ2) is 10.8. The van der Waals surface area contributed by atoms with Gasteiger partial charge in [-0.3, -0.25) is 5.32 Å². The van der Waals surface area contributed by atoms with Gasteiger partial charge in [0.1, 0.15) is 0 Å². The second-order valence-electron chi connectivity index (χ2n) is 8.06. The molecule has 2 N–H and O–H groups in total. The van der Waals surface area contributed by atoms with Gasteiger partial charge in [0.05, 0.1) is 5.56 Å². The number of nitrogens with zero attached hydrogens (tertiary/aromatic N) is 7. The third-order valence-corrected chi connectivity index (χ3v) is 5.48. The van der Waals surface area contributed by atoms with Crippen LogP contribution in [0.1, 0.15) is 17.0 Å². The molecule has 36 heavy (non-hydrogen) atoms. The van der Waals surface area contributed by atoms with Crippen LogP contribution in [0.25, 0.3) is 0 Å². The van der Waals surface area contributed by atoms with E-state index in [-0.39, 0.29) is 5.11 Å². The summed E-state index contributed by atoms with van der Waals surface area (Å²) < 4.78 is 38.6. The first kappa shape index (κ1) is 25.2. The Kier molecular flexibility index (Phi) is 7.58. The highest BCUT2D eigenvalue weighted by Gasteiger charge is 2.30. The number of benzene rings is 1. The van der Waals surface area contributed by atoms with E-state index in [0.717, 1.165) is 23.5 Å². The Morgan fingerprint density at radius 3 is 2.14 bits per heavy atom. The Balaban J connectivity index is 1.52. The first-order chi connectivity index (χ1) is 17.2. The predicted molar refractivity (Wildman–Crippen MR) is 136 cm³/mol. The molecule has 9 nitrogen and oxygen atoms in total. The van der Waals surface area contributed by atoms with Gasteiger partial charge >= 0.3 is 6.18 Å². The number of anilines is 3. The maximum atomic E-state index is 12.9. The van der Waals surface area contributed by atoms with E-state index >= 15 is 0 Å². The monoisotopic (exact) mass is 515 g/mol. The highest BCUT2D eigenvalue weighted by atomic mass is 32.1. The Morgan fingerprint density at radius 1 is 0.944 bits per heavy atom. The zero-order valence-electron chi connectivity index (χ0n) is 19.6. The summed E-state index contributed by atoms with van der Waals surface area (Å²) in [6.45, 7) is 6.22. The number of piperazine rings is 1. The zero-order valence-corrected chi connectivity index (χ0v) is 20.4. The fourth-order valence-electron chi connectivity index (χ4n) is 3.62. The molecule has 0 radical (unpaired) electrons. The third-order valence-electron chi connectivity index (χ3n) is 5.29. The van der Waals surface area contributed by atoms with Crippen LogP contribution in [-0.2, 0) is 6.18 Å². The van der Waals surface area contributed by atoms with Gasteiger partial charge in [0, 0.05) is 55.6 Å². The van der Waals surface area contributed by atoms with Crippen LogP contribution in [0.5, 0.6) is 0 Å². The lowest BCUT2D eigenvalue weighted by Gasteiger charge is -2.36. The summed E-state index contributed by atoms with van der Waals surface area (Å²) in [5, 5.41) is 6.11. The van der Waals surface area contributed by atoms with E-state index in [1.807, 2.05) is 24.8 Å². The summed E-state index contributed by atoms with van der Waals surface area (Å²) in [5.41, 5.74) is 1.24. The van der Waals surface area contributed by atoms with E-state index < -0.39 is 11.7 Å². The van der Waals surface area contributed by atoms with Crippen molar-refractivity contribution < 1.29 is 13.2 Å². The van der Waals surface area contributed by atoms with E-state index in [4.69, 9.17) is 12.2 Å². The van der Waals surface area contributed by atoms with Crippen molar-refractivity contribution in [2.45, 2.75) is 20.0 Å². The molecule has 0 bridgehead atoms. The summed E-state index contributed by atoms with van der Waals surface area (Å²) in [5.74, 6) is 1.45. The molecule has 0 unspecified atom stereocenters. The molecule has 0 aliphatic carbocycles. The number of hydrogen-bond acceptors (Lipinski definition) is 6. The van der Waals surface area contributed by atoms with Crippen LogP contribution in [0, 0.1) is 13.8 Å². The Morgan fingerprint density at radius 2 is 1.56 bits per heavy atom. The molecular formula is C23H24F3N9S. The summed E-state index contributed by atoms with van der Waals surface area (Å²) in [6.07, 6.45) is -1.01. The number of rotatable bonds is 3. The number of thiocarbonyl (C=S) groups is 1. The number of guanidine groups is 1. The fourth-order valence-corrected chi connectivity index (χ4v) is 3.83. The van der Waals surface area contributed by atoms with Crippen LogP contribution in [0.15, 0.2) is 53.8 Å². The van der Waals surface area contributed by atoms with Crippen molar-refractivity contribution in [3.8, 4) is 0 Å². The molecule has 1 aliphatic heterocycles. The summed E-state index contributed by atoms with van der Waals surface area (Å²) >= 11 is 5.40. The molecule has 0 spiro atoms. The maximum absolute atomic E-state index is 12.9. The van der Waals surface area contributed by atoms with Crippen molar-refractivity contribution in [1.29, 1.82) is 0 Å². The smallest absolute Gasteiger partial charge is 0.339 e. The number of hydrogen-bond donors (Lipinski definition) is 2. The van der Waals surface area contributed by atoms with Crippen molar-refractivity contribution in [1.82, 2.24) is 24.8 Å². The topological polar surface area (TPSA) is 94.5 Å². The number of halogens is 3. The van der Waals surface area contributed by atoms with E-state index in [2.05, 4.69) is 40.5 Å². The van der Waals surface area contributed by atoms with Crippen LogP contribution < -0.4 is 15.5 Å². The lowest BCUT2D eigenvalue weighted by Crippen LogP contribution is -2.51. The SMILES string of the molecule is Cc1cc(C)nc(N/C(=N/C(=S)Nc2ccc(C(F)(F)F)cc2)N2CCN(c3ncccn3)CC2)n1. The van der Waals surface area contributed by atoms with Gasteiger partial charge in [-0.15, -0.1) is 0 Å². The largest absolute Gasteiger partial charge is 0.416 e. The third kappa shape index (κ3) is 6.62. The molecule has 0 atom stereocenters. The van der Waals surface area contributed by atoms with Crippen molar-refractivity contribution in [2.75, 3.05) is 41.7 Å². The molecule has 4 rings (SSSR count). The van der Waals surface area contributed by atoms with E-state index in [9.17, 15) is 13.2 Å². The number of alkyl halides is 3. The van der Waals surface area contributed by atoms with Crippen LogP contribution in [-0.4, -0.2) is 62.1 Å². The minimum absolute atomic E-state index is 0.0791. The van der Waals surface area contributed by atoms with Crippen LogP contribution in [0.4, 0.5) is 30.8 Å². The van der Waals surface area contributed by atoms with Crippen LogP contribution in [0.2, 0.25) is 0 Å². The molecule has 3 heterocycles. The standard InChI is InChI=1S/C23H24F3N9S/c1-15-14-16(2)30-19(29-15)32-21(35-12-10-34(11-13-35)20-27-8-3-9-28-20)33-22(36)31-18-6-4-17(5-7-18)23(24,25)26/h3-9,14H,10-13H2,1-2H3,(H2,29,30,31,32,33,36). The maximum Gasteiger partial charge on any atom is 0.416 e. The molecule has 13 heteroatoms. The molecule has 1 aliphatic rings. The molecule has 1 aromatic carbocycles. The van der Waals surface area contributed by atoms with Gasteiger partial charge in [0.15, 0.2) is 0 Å². The summed E-state index contributed by atoms with van der Waals surface area (Å²) in [4.78, 5) is 26.0. The Labute approximate surface area is 211 Å². The Bertz CT molecular complexity index is 1210. The minimum Gasteiger partial charge on any atom is -0.339 e. The lowest BCUT2D eigenvalue weighted by atomic mass is 10.2. The van der Waals surface area contributed by atoms with Gasteiger partial charge in [0.25, 0.3) is 0 Å². The van der Waals surface area contributed by atoms with Crippen molar-refractivity contribution in [2.24, 2.45) is 4.99 Å². The second-order valence-corrected chi connectivity index (χ2v) is 8.45. The quantitative estimate of drug-likeness (QED) is 0.306. The highest BCUT2D eigenvalue weighted by Crippen LogP contribution is 2.29. The number of aryl methyl sites for hydroxylation is 2. The first-order valence-corrected chi connectivity index (χ1v) is 11.5. The first-order valence-electron chi connectivity index (χ1n) is 11.1. The normalized spacial score (nSPS) is 14.5. The molecule has 188 valence electrons. The molecule has 1 fully saturated rings. The molecule has 1 saturated heterocycles. The highest BCUT2D eigenvalue weighted by molar-refractivity contribution is 7.80. The van der Waals surface area contributed by atoms with Gasteiger partial charge in [0.2, 0.25) is 23.0 Å². The average molecular weight is 516 g/mol. The van der Waals surface area contributed by atoms with Gasteiger partial charge in [-0.05, 0) is 62.5 Å². The molecular weight excluding hydrogens is 491 g/mol. The zero-order chi connectivity index (χ0) is 25.7. The predicted octanol–water partition coefficient (Wildman–Crippen LogP) is 3.89. The van der Waals surface area contributed by atoms with Crippen molar-refractivity contribution in [3.05, 3.63) is 65.7 Å². The van der Waals surface area contributed by atoms with Gasteiger partial charge in [-0.25, -0.2) is 19.9 Å². The average Bonchev–Trinajstić information content (AvgIpc) is 2.83. The van der Waals surface area contributed by atoms with Crippen molar-refractivity contribution >= 4 is 40.9 Å². The Hall–Kier alpha value is -3.87. The fraction of sp³-hybridized carbons (Fsp3) is 0.304. The van der Waals surface area contributed by atoms with Crippen LogP contribution in [0.3, 0.4) is 0 Å². The molecule has 2 aromatic heterocycles. The van der Waals surface area contributed by atoms with Gasteiger partial charge in [-0.2, -0.15) is 18.2 Å². The lowest BCUT2D eigenvalue weighted by molar-refractivity contribution is -0.137. The number of nitrogens with one attached hydrogen (secondary N) is 2. The van der Waals surface area contributed by atoms with Crippen molar-refractivity contribution in [3.63, 3.8) is 0 Å².